The van der Waals surface area contributed by atoms with Crippen molar-refractivity contribution in [3.8, 4) is 0 Å². The highest BCUT2D eigenvalue weighted by atomic mass is 35.5. The fraction of sp³-hybridized carbons (Fsp3) is 0.150. The summed E-state index contributed by atoms with van der Waals surface area (Å²) in [5.41, 5.74) is 0.444. The van der Waals surface area contributed by atoms with Gasteiger partial charge in [0.1, 0.15) is 5.54 Å². The molecule has 2 N–H and O–H groups in total. The van der Waals surface area contributed by atoms with Crippen LogP contribution in [0.1, 0.15) is 22.8 Å². The molecule has 2 aromatic carbocycles. The zero-order valence-corrected chi connectivity index (χ0v) is 15.2. The second-order valence-electron chi connectivity index (χ2n) is 6.60. The number of aromatic amines is 1. The van der Waals surface area contributed by atoms with Gasteiger partial charge < -0.3 is 10.3 Å². The Labute approximate surface area is 160 Å². The van der Waals surface area contributed by atoms with Gasteiger partial charge in [-0.2, -0.15) is 0 Å². The highest BCUT2D eigenvalue weighted by molar-refractivity contribution is 6.32. The number of benzene rings is 2. The lowest BCUT2D eigenvalue weighted by atomic mass is 9.92. The lowest BCUT2D eigenvalue weighted by Crippen LogP contribution is -2.41. The zero-order chi connectivity index (χ0) is 19.2. The molecule has 1 aromatic heterocycles. The van der Waals surface area contributed by atoms with Gasteiger partial charge >= 0.3 is 6.03 Å². The Morgan fingerprint density at radius 1 is 1.11 bits per heavy atom. The molecule has 27 heavy (non-hydrogen) atoms. The lowest BCUT2D eigenvalue weighted by Gasteiger charge is -2.23. The number of para-hydroxylation sites is 1. The topological polar surface area (TPSA) is 82.3 Å². The molecule has 136 valence electrons. The predicted molar refractivity (Wildman–Crippen MR) is 102 cm³/mol. The number of hydrogen-bond donors (Lipinski definition) is 2. The van der Waals surface area contributed by atoms with E-state index in [1.165, 1.54) is 0 Å². The van der Waals surface area contributed by atoms with E-state index in [0.717, 1.165) is 15.8 Å². The van der Waals surface area contributed by atoms with E-state index in [0.29, 0.717) is 16.1 Å². The average molecular weight is 382 g/mol. The standard InChI is InChI=1S/C20H16ClN3O3/c1-20(14-7-3-4-8-15(14)21)18(26)24(19(27)23-20)11-17(25)13-10-22-16-9-5-2-6-12(13)16/h2-10,22H,11H2,1H3,(H,23,27). The molecule has 1 fully saturated rings. The Hall–Kier alpha value is -3.12. The van der Waals surface area contributed by atoms with Gasteiger partial charge in [0, 0.05) is 33.2 Å². The molecule has 2 heterocycles. The fourth-order valence-electron chi connectivity index (χ4n) is 3.42. The second-order valence-corrected chi connectivity index (χ2v) is 7.00. The summed E-state index contributed by atoms with van der Waals surface area (Å²) in [6, 6.07) is 13.6. The number of imide groups is 1. The minimum absolute atomic E-state index is 0.320. The van der Waals surface area contributed by atoms with Crippen molar-refractivity contribution in [1.82, 2.24) is 15.2 Å². The predicted octanol–water partition coefficient (Wildman–Crippen LogP) is 3.47. The van der Waals surface area contributed by atoms with Crippen molar-refractivity contribution in [2.75, 3.05) is 6.54 Å². The van der Waals surface area contributed by atoms with Crippen molar-refractivity contribution in [2.45, 2.75) is 12.5 Å². The normalized spacial score (nSPS) is 19.6. The van der Waals surface area contributed by atoms with Gasteiger partial charge in [-0.1, -0.05) is 48.0 Å². The molecule has 3 aromatic rings. The number of fused-ring (bicyclic) bond motifs is 1. The van der Waals surface area contributed by atoms with Crippen molar-refractivity contribution in [3.63, 3.8) is 0 Å². The van der Waals surface area contributed by atoms with Crippen LogP contribution >= 0.6 is 11.6 Å². The van der Waals surface area contributed by atoms with Crippen LogP contribution in [-0.2, 0) is 10.3 Å². The number of amides is 3. The molecular weight excluding hydrogens is 366 g/mol. The van der Waals surface area contributed by atoms with Crippen molar-refractivity contribution in [2.24, 2.45) is 0 Å². The van der Waals surface area contributed by atoms with Crippen LogP contribution in [-0.4, -0.2) is 34.2 Å². The largest absolute Gasteiger partial charge is 0.360 e. The molecule has 1 saturated heterocycles. The van der Waals surface area contributed by atoms with E-state index in [9.17, 15) is 14.4 Å². The first-order valence-corrected chi connectivity index (χ1v) is 8.78. The van der Waals surface area contributed by atoms with Gasteiger partial charge in [0.2, 0.25) is 0 Å². The summed E-state index contributed by atoms with van der Waals surface area (Å²) in [7, 11) is 0. The summed E-state index contributed by atoms with van der Waals surface area (Å²) in [4.78, 5) is 42.2. The summed E-state index contributed by atoms with van der Waals surface area (Å²) in [6.45, 7) is 1.25. The minimum Gasteiger partial charge on any atom is -0.360 e. The van der Waals surface area contributed by atoms with Crippen LogP contribution in [0.5, 0.6) is 0 Å². The van der Waals surface area contributed by atoms with Crippen molar-refractivity contribution < 1.29 is 14.4 Å². The molecule has 6 nitrogen and oxygen atoms in total. The quantitative estimate of drug-likeness (QED) is 0.536. The number of ketones is 1. The summed E-state index contributed by atoms with van der Waals surface area (Å²) in [6.07, 6.45) is 1.60. The molecule has 0 spiro atoms. The molecule has 3 amide bonds. The number of carbonyl (C=O) groups is 3. The number of Topliss-reactive ketones (excluding diaryl/α,β-unsaturated/α-hetero) is 1. The molecule has 1 aliphatic heterocycles. The van der Waals surface area contributed by atoms with E-state index in [4.69, 9.17) is 11.6 Å². The van der Waals surface area contributed by atoms with Gasteiger partial charge in [0.25, 0.3) is 5.91 Å². The van der Waals surface area contributed by atoms with E-state index >= 15 is 0 Å². The number of nitrogens with zero attached hydrogens (tertiary/aromatic N) is 1. The van der Waals surface area contributed by atoms with E-state index < -0.39 is 17.5 Å². The van der Waals surface area contributed by atoms with Gasteiger partial charge in [-0.15, -0.1) is 0 Å². The summed E-state index contributed by atoms with van der Waals surface area (Å²) < 4.78 is 0. The smallest absolute Gasteiger partial charge is 0.325 e. The van der Waals surface area contributed by atoms with Crippen LogP contribution < -0.4 is 5.32 Å². The van der Waals surface area contributed by atoms with Crippen LogP contribution in [0.4, 0.5) is 4.79 Å². The van der Waals surface area contributed by atoms with E-state index in [1.807, 2.05) is 24.3 Å². The number of nitrogens with one attached hydrogen (secondary N) is 2. The Balaban J connectivity index is 1.63. The third kappa shape index (κ3) is 2.69. The molecule has 0 radical (unpaired) electrons. The molecule has 1 unspecified atom stereocenters. The maximum atomic E-state index is 13.0. The zero-order valence-electron chi connectivity index (χ0n) is 14.5. The highest BCUT2D eigenvalue weighted by Gasteiger charge is 2.50. The van der Waals surface area contributed by atoms with E-state index in [1.54, 1.807) is 37.4 Å². The van der Waals surface area contributed by atoms with Crippen LogP contribution in [0.25, 0.3) is 10.9 Å². The minimum atomic E-state index is -1.31. The summed E-state index contributed by atoms with van der Waals surface area (Å²) in [5.74, 6) is -0.826. The third-order valence-electron chi connectivity index (χ3n) is 4.88. The Bertz CT molecular complexity index is 1090. The number of rotatable bonds is 4. The van der Waals surface area contributed by atoms with E-state index in [-0.39, 0.29) is 12.3 Å². The van der Waals surface area contributed by atoms with E-state index in [2.05, 4.69) is 10.3 Å². The van der Waals surface area contributed by atoms with Crippen molar-refractivity contribution in [1.29, 1.82) is 0 Å². The Morgan fingerprint density at radius 3 is 2.59 bits per heavy atom. The summed E-state index contributed by atoms with van der Waals surface area (Å²) in [5, 5.41) is 3.79. The average Bonchev–Trinajstić information content (AvgIpc) is 3.17. The second kappa shape index (κ2) is 6.25. The third-order valence-corrected chi connectivity index (χ3v) is 5.21. The molecule has 1 aliphatic rings. The number of halogens is 1. The summed E-state index contributed by atoms with van der Waals surface area (Å²) >= 11 is 6.21. The fourth-order valence-corrected chi connectivity index (χ4v) is 3.75. The number of aromatic nitrogens is 1. The van der Waals surface area contributed by atoms with Gasteiger partial charge in [-0.25, -0.2) is 4.79 Å². The van der Waals surface area contributed by atoms with Gasteiger partial charge in [-0.05, 0) is 19.1 Å². The highest BCUT2D eigenvalue weighted by Crippen LogP contribution is 2.33. The molecule has 4 rings (SSSR count). The number of urea groups is 1. The maximum Gasteiger partial charge on any atom is 0.325 e. The maximum absolute atomic E-state index is 13.0. The van der Waals surface area contributed by atoms with Crippen molar-refractivity contribution in [3.05, 3.63) is 70.9 Å². The molecule has 0 saturated carbocycles. The molecule has 0 aliphatic carbocycles. The molecular formula is C20H16ClN3O3. The van der Waals surface area contributed by atoms with Crippen LogP contribution in [0.3, 0.4) is 0 Å². The first-order chi connectivity index (χ1) is 12.9. The van der Waals surface area contributed by atoms with Gasteiger partial charge in [-0.3, -0.25) is 14.5 Å². The van der Waals surface area contributed by atoms with Crippen LogP contribution in [0.15, 0.2) is 54.7 Å². The monoisotopic (exact) mass is 381 g/mol. The Kier molecular flexibility index (Phi) is 4.00. The lowest BCUT2D eigenvalue weighted by molar-refractivity contribution is -0.130. The number of carbonyl (C=O) groups excluding carboxylic acids is 3. The SMILES string of the molecule is CC1(c2ccccc2Cl)NC(=O)N(CC(=O)c2c[nH]c3ccccc23)C1=O. The molecule has 1 atom stereocenters. The number of H-pyrrole nitrogens is 1. The van der Waals surface area contributed by atoms with Crippen molar-refractivity contribution >= 4 is 40.2 Å². The molecule has 0 bridgehead atoms. The number of hydrogen-bond acceptors (Lipinski definition) is 3. The Morgan fingerprint density at radius 2 is 1.81 bits per heavy atom. The molecule has 7 heteroatoms. The van der Waals surface area contributed by atoms with Crippen LogP contribution in [0.2, 0.25) is 5.02 Å². The van der Waals surface area contributed by atoms with Crippen LogP contribution in [0, 0.1) is 0 Å². The first-order valence-electron chi connectivity index (χ1n) is 8.40. The first kappa shape index (κ1) is 17.3. The van der Waals surface area contributed by atoms with Gasteiger partial charge in [0.15, 0.2) is 5.78 Å². The van der Waals surface area contributed by atoms with Gasteiger partial charge in [0.05, 0.1) is 6.54 Å².